The van der Waals surface area contributed by atoms with E-state index in [0.29, 0.717) is 18.5 Å². The van der Waals surface area contributed by atoms with Gasteiger partial charge in [-0.15, -0.1) is 0 Å². The van der Waals surface area contributed by atoms with E-state index in [2.05, 4.69) is 15.9 Å². The van der Waals surface area contributed by atoms with Gasteiger partial charge in [-0.1, -0.05) is 12.1 Å². The highest BCUT2D eigenvalue weighted by molar-refractivity contribution is 9.10. The maximum absolute atomic E-state index is 12.6. The second-order valence-electron chi connectivity index (χ2n) is 5.08. The van der Waals surface area contributed by atoms with Gasteiger partial charge in [0.05, 0.1) is 5.56 Å². The lowest BCUT2D eigenvalue weighted by Crippen LogP contribution is -2.50. The number of likely N-dealkylation sites (tertiary alicyclic amines) is 1. The third kappa shape index (κ3) is 2.27. The summed E-state index contributed by atoms with van der Waals surface area (Å²) in [6, 6.07) is 5.43. The third-order valence-electron chi connectivity index (χ3n) is 3.77. The van der Waals surface area contributed by atoms with E-state index in [1.165, 1.54) is 4.90 Å². The number of rotatable bonds is 2. The Morgan fingerprint density at radius 3 is 2.74 bits per heavy atom. The van der Waals surface area contributed by atoms with Gasteiger partial charge in [0.1, 0.15) is 5.54 Å². The third-order valence-corrected chi connectivity index (χ3v) is 4.82. The van der Waals surface area contributed by atoms with Crippen molar-refractivity contribution in [3.8, 4) is 0 Å². The molecule has 1 aliphatic rings. The summed E-state index contributed by atoms with van der Waals surface area (Å²) in [4.78, 5) is 25.5. The lowest BCUT2D eigenvalue weighted by Gasteiger charge is -2.31. The van der Waals surface area contributed by atoms with Crippen molar-refractivity contribution < 1.29 is 14.7 Å². The molecular weight excluding hydrogens is 310 g/mol. The number of aliphatic carboxylic acids is 1. The van der Waals surface area contributed by atoms with Crippen LogP contribution in [0.1, 0.15) is 35.7 Å². The Bertz CT molecular complexity index is 543. The van der Waals surface area contributed by atoms with Crippen molar-refractivity contribution in [2.75, 3.05) is 6.54 Å². The van der Waals surface area contributed by atoms with Crippen molar-refractivity contribution in [2.45, 2.75) is 32.2 Å². The lowest BCUT2D eigenvalue weighted by molar-refractivity contribution is -0.147. The van der Waals surface area contributed by atoms with Gasteiger partial charge < -0.3 is 10.0 Å². The molecule has 102 valence electrons. The molecular formula is C14H16BrNO3. The number of carboxylic acid groups (broad SMARTS) is 1. The van der Waals surface area contributed by atoms with E-state index in [1.807, 2.05) is 19.1 Å². The number of benzene rings is 1. The van der Waals surface area contributed by atoms with Crippen LogP contribution in [0.25, 0.3) is 0 Å². The van der Waals surface area contributed by atoms with Gasteiger partial charge in [0.2, 0.25) is 0 Å². The van der Waals surface area contributed by atoms with Crippen LogP contribution in [0.5, 0.6) is 0 Å². The molecule has 1 atom stereocenters. The molecule has 0 saturated carbocycles. The summed E-state index contributed by atoms with van der Waals surface area (Å²) in [6.45, 7) is 4.01. The van der Waals surface area contributed by atoms with E-state index in [4.69, 9.17) is 0 Å². The van der Waals surface area contributed by atoms with Crippen LogP contribution < -0.4 is 0 Å². The van der Waals surface area contributed by atoms with Gasteiger partial charge in [-0.25, -0.2) is 4.79 Å². The van der Waals surface area contributed by atoms with Crippen LogP contribution in [0.2, 0.25) is 0 Å². The lowest BCUT2D eigenvalue weighted by atomic mass is 9.98. The van der Waals surface area contributed by atoms with Crippen LogP contribution in [0.15, 0.2) is 22.7 Å². The molecule has 1 aromatic carbocycles. The maximum atomic E-state index is 12.6. The van der Waals surface area contributed by atoms with Crippen molar-refractivity contribution in [1.29, 1.82) is 0 Å². The Labute approximate surface area is 120 Å². The van der Waals surface area contributed by atoms with Gasteiger partial charge in [-0.05, 0) is 54.2 Å². The average molecular weight is 326 g/mol. The molecule has 1 amide bonds. The van der Waals surface area contributed by atoms with Crippen molar-refractivity contribution in [3.05, 3.63) is 33.8 Å². The van der Waals surface area contributed by atoms with Crippen molar-refractivity contribution in [3.63, 3.8) is 0 Å². The maximum Gasteiger partial charge on any atom is 0.329 e. The second kappa shape index (κ2) is 4.96. The number of nitrogens with zero attached hydrogens (tertiary/aromatic N) is 1. The first-order valence-corrected chi connectivity index (χ1v) is 6.97. The topological polar surface area (TPSA) is 57.6 Å². The van der Waals surface area contributed by atoms with Crippen molar-refractivity contribution in [1.82, 2.24) is 4.90 Å². The van der Waals surface area contributed by atoms with Crippen LogP contribution in [0, 0.1) is 6.92 Å². The zero-order valence-electron chi connectivity index (χ0n) is 10.9. The Morgan fingerprint density at radius 2 is 2.11 bits per heavy atom. The summed E-state index contributed by atoms with van der Waals surface area (Å²) < 4.78 is 0.736. The molecule has 0 radical (unpaired) electrons. The molecule has 0 aromatic heterocycles. The minimum absolute atomic E-state index is 0.224. The van der Waals surface area contributed by atoms with E-state index in [9.17, 15) is 14.7 Å². The number of hydrogen-bond donors (Lipinski definition) is 1. The Hall–Kier alpha value is -1.36. The van der Waals surface area contributed by atoms with E-state index in [-0.39, 0.29) is 5.91 Å². The highest BCUT2D eigenvalue weighted by atomic mass is 79.9. The van der Waals surface area contributed by atoms with Crippen molar-refractivity contribution >= 4 is 27.8 Å². The van der Waals surface area contributed by atoms with E-state index in [1.54, 1.807) is 13.0 Å². The van der Waals surface area contributed by atoms with E-state index >= 15 is 0 Å². The van der Waals surface area contributed by atoms with Crippen LogP contribution in [-0.2, 0) is 4.79 Å². The van der Waals surface area contributed by atoms with Gasteiger partial charge in [0, 0.05) is 11.0 Å². The summed E-state index contributed by atoms with van der Waals surface area (Å²) in [5.74, 6) is -1.17. The van der Waals surface area contributed by atoms with Gasteiger partial charge >= 0.3 is 5.97 Å². The summed E-state index contributed by atoms with van der Waals surface area (Å²) in [5.41, 5.74) is 0.386. The summed E-state index contributed by atoms with van der Waals surface area (Å²) >= 11 is 3.41. The van der Waals surface area contributed by atoms with Gasteiger partial charge in [-0.2, -0.15) is 0 Å². The Balaban J connectivity index is 2.39. The molecule has 1 aromatic rings. The first kappa shape index (κ1) is 14.1. The SMILES string of the molecule is Cc1cccc(C(=O)N2CCCC2(C)C(=O)O)c1Br. The van der Waals surface area contributed by atoms with Gasteiger partial charge in [-0.3, -0.25) is 4.79 Å². The van der Waals surface area contributed by atoms with Crippen LogP contribution >= 0.6 is 15.9 Å². The molecule has 1 aliphatic heterocycles. The number of aryl methyl sites for hydroxylation is 1. The quantitative estimate of drug-likeness (QED) is 0.909. The number of carbonyl (C=O) groups is 2. The Kier molecular flexibility index (Phi) is 3.67. The smallest absolute Gasteiger partial charge is 0.329 e. The predicted molar refractivity (Wildman–Crippen MR) is 75.2 cm³/mol. The van der Waals surface area contributed by atoms with Gasteiger partial charge in [0.15, 0.2) is 0 Å². The molecule has 5 heteroatoms. The molecule has 1 saturated heterocycles. The zero-order chi connectivity index (χ0) is 14.2. The average Bonchev–Trinajstić information content (AvgIpc) is 2.75. The molecule has 0 spiro atoms. The predicted octanol–water partition coefficient (Wildman–Crippen LogP) is 2.84. The molecule has 0 aliphatic carbocycles. The highest BCUT2D eigenvalue weighted by Crippen LogP contribution is 2.32. The molecule has 19 heavy (non-hydrogen) atoms. The molecule has 2 rings (SSSR count). The van der Waals surface area contributed by atoms with E-state index in [0.717, 1.165) is 16.5 Å². The summed E-state index contributed by atoms with van der Waals surface area (Å²) in [7, 11) is 0. The van der Waals surface area contributed by atoms with Gasteiger partial charge in [0.25, 0.3) is 5.91 Å². The number of amides is 1. The van der Waals surface area contributed by atoms with Crippen LogP contribution in [0.3, 0.4) is 0 Å². The monoisotopic (exact) mass is 325 g/mol. The molecule has 1 N–H and O–H groups in total. The van der Waals surface area contributed by atoms with Crippen LogP contribution in [0.4, 0.5) is 0 Å². The largest absolute Gasteiger partial charge is 0.480 e. The second-order valence-corrected chi connectivity index (χ2v) is 5.87. The first-order chi connectivity index (χ1) is 8.88. The van der Waals surface area contributed by atoms with E-state index < -0.39 is 11.5 Å². The Morgan fingerprint density at radius 1 is 1.42 bits per heavy atom. The number of carboxylic acids is 1. The minimum atomic E-state index is -1.10. The summed E-state index contributed by atoms with van der Waals surface area (Å²) in [6.07, 6.45) is 1.22. The molecule has 0 bridgehead atoms. The zero-order valence-corrected chi connectivity index (χ0v) is 12.5. The highest BCUT2D eigenvalue weighted by Gasteiger charge is 2.46. The van der Waals surface area contributed by atoms with Crippen molar-refractivity contribution in [2.24, 2.45) is 0 Å². The molecule has 4 nitrogen and oxygen atoms in total. The minimum Gasteiger partial charge on any atom is -0.480 e. The summed E-state index contributed by atoms with van der Waals surface area (Å²) in [5, 5.41) is 9.36. The fourth-order valence-electron chi connectivity index (χ4n) is 2.47. The fourth-order valence-corrected chi connectivity index (χ4v) is 2.90. The number of halogens is 1. The van der Waals surface area contributed by atoms with Crippen LogP contribution in [-0.4, -0.2) is 34.0 Å². The normalized spacial score (nSPS) is 22.6. The fraction of sp³-hybridized carbons (Fsp3) is 0.429. The molecule has 1 unspecified atom stereocenters. The molecule has 1 heterocycles. The number of carbonyl (C=O) groups excluding carboxylic acids is 1. The molecule has 1 fully saturated rings. The number of hydrogen-bond acceptors (Lipinski definition) is 2. The first-order valence-electron chi connectivity index (χ1n) is 6.18. The standard InChI is InChI=1S/C14H16BrNO3/c1-9-5-3-6-10(11(9)15)12(17)16-8-4-7-14(16,2)13(18)19/h3,5-6H,4,7-8H2,1-2H3,(H,18,19).